The van der Waals surface area contributed by atoms with Crippen LogP contribution < -0.4 is 0 Å². The van der Waals surface area contributed by atoms with E-state index in [0.717, 1.165) is 16.6 Å². The van der Waals surface area contributed by atoms with Gasteiger partial charge in [0.1, 0.15) is 11.3 Å². The van der Waals surface area contributed by atoms with E-state index in [0.29, 0.717) is 16.8 Å². The Balaban J connectivity index is 1.32. The number of ether oxygens (including phenoxy) is 1. The van der Waals surface area contributed by atoms with E-state index < -0.39 is 18.4 Å². The van der Waals surface area contributed by atoms with E-state index in [2.05, 4.69) is 10.1 Å². The highest BCUT2D eigenvalue weighted by atomic mass is 16.5. The summed E-state index contributed by atoms with van der Waals surface area (Å²) >= 11 is 0. The summed E-state index contributed by atoms with van der Waals surface area (Å²) in [5.41, 5.74) is 3.67. The van der Waals surface area contributed by atoms with E-state index in [4.69, 9.17) is 9.15 Å². The van der Waals surface area contributed by atoms with Gasteiger partial charge in [0.15, 0.2) is 12.4 Å². The number of pyridine rings is 1. The van der Waals surface area contributed by atoms with Gasteiger partial charge in [0.2, 0.25) is 5.78 Å². The summed E-state index contributed by atoms with van der Waals surface area (Å²) in [5, 5.41) is 5.49. The number of rotatable bonds is 7. The van der Waals surface area contributed by atoms with Gasteiger partial charge in [-0.3, -0.25) is 9.78 Å². The largest absolute Gasteiger partial charge is 0.454 e. The summed E-state index contributed by atoms with van der Waals surface area (Å²) in [6.07, 6.45) is 8.10. The Hall–Kier alpha value is -4.78. The minimum atomic E-state index is -0.644. The predicted octanol–water partition coefficient (Wildman–Crippen LogP) is 5.12. The Morgan fingerprint density at radius 1 is 1.00 bits per heavy atom. The van der Waals surface area contributed by atoms with E-state index in [9.17, 15) is 9.59 Å². The van der Waals surface area contributed by atoms with E-state index in [-0.39, 0.29) is 5.76 Å². The number of aromatic nitrogens is 3. The van der Waals surface area contributed by atoms with Crippen LogP contribution in [0.4, 0.5) is 0 Å². The van der Waals surface area contributed by atoms with Gasteiger partial charge in [-0.25, -0.2) is 9.48 Å². The highest BCUT2D eigenvalue weighted by Gasteiger charge is 2.15. The third kappa shape index (κ3) is 4.54. The zero-order chi connectivity index (χ0) is 23.3. The summed E-state index contributed by atoms with van der Waals surface area (Å²) in [5.74, 6) is -0.902. The molecule has 0 saturated heterocycles. The fourth-order valence-corrected chi connectivity index (χ4v) is 3.48. The molecule has 2 aromatic carbocycles. The number of furan rings is 1. The van der Waals surface area contributed by atoms with Crippen molar-refractivity contribution in [3.05, 3.63) is 109 Å². The molecule has 0 saturated carbocycles. The van der Waals surface area contributed by atoms with Crippen molar-refractivity contribution >= 4 is 28.8 Å². The van der Waals surface area contributed by atoms with Gasteiger partial charge in [-0.15, -0.1) is 0 Å². The maximum absolute atomic E-state index is 12.4. The molecule has 5 rings (SSSR count). The van der Waals surface area contributed by atoms with Crippen molar-refractivity contribution in [3.8, 4) is 16.9 Å². The second kappa shape index (κ2) is 9.38. The maximum atomic E-state index is 12.4. The van der Waals surface area contributed by atoms with Gasteiger partial charge in [-0.05, 0) is 42.5 Å². The highest BCUT2D eigenvalue weighted by molar-refractivity contribution is 6.00. The van der Waals surface area contributed by atoms with Crippen LogP contribution in [0.2, 0.25) is 0 Å². The molecule has 0 radical (unpaired) electrons. The Labute approximate surface area is 194 Å². The van der Waals surface area contributed by atoms with Crippen LogP contribution in [-0.4, -0.2) is 33.1 Å². The van der Waals surface area contributed by atoms with Gasteiger partial charge in [-0.2, -0.15) is 5.10 Å². The zero-order valence-corrected chi connectivity index (χ0v) is 18.0. The summed E-state index contributed by atoms with van der Waals surface area (Å²) in [7, 11) is 0. The fourth-order valence-electron chi connectivity index (χ4n) is 3.48. The third-order valence-electron chi connectivity index (χ3n) is 5.14. The lowest BCUT2D eigenvalue weighted by Crippen LogP contribution is -2.11. The Kier molecular flexibility index (Phi) is 5.82. The molecule has 0 aliphatic heterocycles. The number of carbonyl (C=O) groups excluding carboxylic acids is 2. The molecule has 0 N–H and O–H groups in total. The molecule has 34 heavy (non-hydrogen) atoms. The van der Waals surface area contributed by atoms with Gasteiger partial charge >= 0.3 is 5.97 Å². The lowest BCUT2D eigenvalue weighted by molar-refractivity contribution is -0.136. The van der Waals surface area contributed by atoms with Crippen molar-refractivity contribution in [1.82, 2.24) is 14.8 Å². The molecule has 7 heteroatoms. The monoisotopic (exact) mass is 449 g/mol. The lowest BCUT2D eigenvalue weighted by atomic mass is 10.1. The Bertz CT molecular complexity index is 1450. The number of carbonyl (C=O) groups is 2. The summed E-state index contributed by atoms with van der Waals surface area (Å²) in [6, 6.07) is 22.3. The molecule has 0 atom stereocenters. The first-order valence-electron chi connectivity index (χ1n) is 10.6. The molecule has 0 fully saturated rings. The van der Waals surface area contributed by atoms with E-state index in [1.54, 1.807) is 35.3 Å². The zero-order valence-electron chi connectivity index (χ0n) is 18.0. The number of ketones is 1. The average molecular weight is 449 g/mol. The number of nitrogens with zero attached hydrogens (tertiary/aromatic N) is 3. The fraction of sp³-hybridized carbons (Fsp3) is 0.0370. The van der Waals surface area contributed by atoms with Crippen molar-refractivity contribution in [2.45, 2.75) is 0 Å². The first-order chi connectivity index (χ1) is 16.7. The average Bonchev–Trinajstić information content (AvgIpc) is 3.52. The Morgan fingerprint density at radius 3 is 2.62 bits per heavy atom. The second-order valence-electron chi connectivity index (χ2n) is 7.47. The first-order valence-corrected chi connectivity index (χ1v) is 10.6. The molecule has 5 aromatic rings. The molecule has 0 amide bonds. The van der Waals surface area contributed by atoms with Crippen LogP contribution in [0.25, 0.3) is 34.0 Å². The standard InChI is InChI=1S/C27H19N3O4/c31-23(25-15-19-7-4-5-11-24(19)34-25)18-33-26(32)13-12-21-17-30(22-9-2-1-3-10-22)29-27(21)20-8-6-14-28-16-20/h1-17H,18H2/b13-12+. The van der Waals surface area contributed by atoms with E-state index in [1.807, 2.05) is 66.9 Å². The van der Waals surface area contributed by atoms with Crippen molar-refractivity contribution in [1.29, 1.82) is 0 Å². The van der Waals surface area contributed by atoms with Gasteiger partial charge < -0.3 is 9.15 Å². The van der Waals surface area contributed by atoms with Crippen LogP contribution in [0.15, 0.2) is 102 Å². The van der Waals surface area contributed by atoms with Gasteiger partial charge in [0, 0.05) is 41.2 Å². The quantitative estimate of drug-likeness (QED) is 0.195. The van der Waals surface area contributed by atoms with Crippen LogP contribution in [0.3, 0.4) is 0 Å². The minimum absolute atomic E-state index is 0.154. The van der Waals surface area contributed by atoms with Gasteiger partial charge in [-0.1, -0.05) is 36.4 Å². The van der Waals surface area contributed by atoms with E-state index in [1.165, 1.54) is 6.08 Å². The van der Waals surface area contributed by atoms with E-state index >= 15 is 0 Å². The molecule has 0 spiro atoms. The first kappa shape index (κ1) is 21.1. The van der Waals surface area contributed by atoms with Crippen LogP contribution >= 0.6 is 0 Å². The smallest absolute Gasteiger partial charge is 0.331 e. The normalized spacial score (nSPS) is 11.2. The molecular formula is C27H19N3O4. The highest BCUT2D eigenvalue weighted by Crippen LogP contribution is 2.24. The molecule has 0 aliphatic carbocycles. The number of para-hydroxylation sites is 2. The van der Waals surface area contributed by atoms with Crippen molar-refractivity contribution < 1.29 is 18.7 Å². The van der Waals surface area contributed by atoms with Gasteiger partial charge in [0.05, 0.1) is 5.69 Å². The van der Waals surface area contributed by atoms with Gasteiger partial charge in [0.25, 0.3) is 0 Å². The Morgan fingerprint density at radius 2 is 1.82 bits per heavy atom. The molecule has 0 aliphatic rings. The third-order valence-corrected chi connectivity index (χ3v) is 5.14. The lowest BCUT2D eigenvalue weighted by Gasteiger charge is -2.00. The van der Waals surface area contributed by atoms with Crippen LogP contribution in [0.1, 0.15) is 16.1 Å². The molecule has 7 nitrogen and oxygen atoms in total. The molecule has 166 valence electrons. The summed E-state index contributed by atoms with van der Waals surface area (Å²) < 4.78 is 12.4. The summed E-state index contributed by atoms with van der Waals surface area (Å²) in [6.45, 7) is -0.415. The van der Waals surface area contributed by atoms with Crippen LogP contribution in [0.5, 0.6) is 0 Å². The molecule has 3 heterocycles. The number of esters is 1. The van der Waals surface area contributed by atoms with Crippen LogP contribution in [-0.2, 0) is 9.53 Å². The predicted molar refractivity (Wildman–Crippen MR) is 127 cm³/mol. The molecule has 0 bridgehead atoms. The second-order valence-corrected chi connectivity index (χ2v) is 7.47. The minimum Gasteiger partial charge on any atom is -0.454 e. The number of hydrogen-bond donors (Lipinski definition) is 0. The number of benzene rings is 2. The van der Waals surface area contributed by atoms with Crippen molar-refractivity contribution in [2.75, 3.05) is 6.61 Å². The number of hydrogen-bond acceptors (Lipinski definition) is 6. The number of fused-ring (bicyclic) bond motifs is 1. The SMILES string of the molecule is O=C(/C=C/c1cn(-c2ccccc2)nc1-c1cccnc1)OCC(=O)c1cc2ccccc2o1. The van der Waals surface area contributed by atoms with Crippen molar-refractivity contribution in [2.24, 2.45) is 0 Å². The maximum Gasteiger partial charge on any atom is 0.331 e. The topological polar surface area (TPSA) is 87.2 Å². The van der Waals surface area contributed by atoms with Crippen LogP contribution in [0, 0.1) is 0 Å². The molecule has 3 aromatic heterocycles. The summed E-state index contributed by atoms with van der Waals surface area (Å²) in [4.78, 5) is 28.9. The number of Topliss-reactive ketones (excluding diaryl/α,β-unsaturated/α-hetero) is 1. The molecular weight excluding hydrogens is 430 g/mol. The van der Waals surface area contributed by atoms with Crippen molar-refractivity contribution in [3.63, 3.8) is 0 Å². The molecule has 0 unspecified atom stereocenters.